The van der Waals surface area contributed by atoms with Gasteiger partial charge in [0.25, 0.3) is 0 Å². The lowest BCUT2D eigenvalue weighted by atomic mass is 9.84. The molecule has 1 heterocycles. The van der Waals surface area contributed by atoms with Crippen LogP contribution in [0.3, 0.4) is 0 Å². The highest BCUT2D eigenvalue weighted by Crippen LogP contribution is 2.37. The van der Waals surface area contributed by atoms with E-state index in [0.717, 1.165) is 9.80 Å². The van der Waals surface area contributed by atoms with Crippen molar-refractivity contribution in [3.63, 3.8) is 0 Å². The minimum Gasteiger partial charge on any atom is -0.714 e. The van der Waals surface area contributed by atoms with Gasteiger partial charge in [-0.3, -0.25) is 4.74 Å². The number of hydrogen-bond acceptors (Lipinski definition) is 2. The zero-order valence-corrected chi connectivity index (χ0v) is 11.0. The molecule has 1 aliphatic heterocycles. The minimum absolute atomic E-state index is 0.0880. The quantitative estimate of drug-likeness (QED) is 0.560. The second-order valence-corrected chi connectivity index (χ2v) is 5.58. The van der Waals surface area contributed by atoms with E-state index in [1.807, 2.05) is 0 Å². The number of rotatable bonds is 1. The van der Waals surface area contributed by atoms with Gasteiger partial charge in [-0.1, -0.05) is 5.06 Å². The molecular formula is C13H16N3O2. The van der Waals surface area contributed by atoms with E-state index < -0.39 is 11.1 Å². The standard InChI is InChI=1S/C13H16N3O2/c1-12(2)13(3,4)16(18)11(15(12)17)9-5-7-10(14)8-6-9/h5-8H,1-4H3. The predicted molar refractivity (Wildman–Crippen MR) is 66.7 cm³/mol. The van der Waals surface area contributed by atoms with Crippen molar-refractivity contribution < 1.29 is 9.95 Å². The van der Waals surface area contributed by atoms with E-state index >= 15 is 0 Å². The SMILES string of the molecule is CC1(C)N([O])C(c2ccc([N])cc2)=[N+]([O-])C1(C)C. The molecule has 0 fully saturated rings. The van der Waals surface area contributed by atoms with E-state index in [2.05, 4.69) is 0 Å². The Kier molecular flexibility index (Phi) is 2.55. The molecule has 95 valence electrons. The molecule has 0 atom stereocenters. The number of hydrogen-bond donors (Lipinski definition) is 0. The van der Waals surface area contributed by atoms with Crippen molar-refractivity contribution in [3.8, 4) is 0 Å². The monoisotopic (exact) mass is 246 g/mol. The molecular weight excluding hydrogens is 230 g/mol. The van der Waals surface area contributed by atoms with Crippen molar-refractivity contribution in [1.29, 1.82) is 0 Å². The van der Waals surface area contributed by atoms with Crippen LogP contribution in [-0.4, -0.2) is 26.7 Å². The lowest BCUT2D eigenvalue weighted by Gasteiger charge is -2.32. The summed E-state index contributed by atoms with van der Waals surface area (Å²) in [5, 5.41) is 25.4. The average Bonchev–Trinajstić information content (AvgIpc) is 2.41. The lowest BCUT2D eigenvalue weighted by molar-refractivity contribution is -0.539. The van der Waals surface area contributed by atoms with Crippen molar-refractivity contribution in [3.05, 3.63) is 35.0 Å². The van der Waals surface area contributed by atoms with E-state index in [1.165, 1.54) is 12.1 Å². The summed E-state index contributed by atoms with van der Waals surface area (Å²) >= 11 is 0. The summed E-state index contributed by atoms with van der Waals surface area (Å²) in [5.41, 5.74) is 8.22. The molecule has 5 heteroatoms. The van der Waals surface area contributed by atoms with Crippen LogP contribution in [0.15, 0.2) is 24.3 Å². The maximum atomic E-state index is 12.3. The largest absolute Gasteiger partial charge is 0.714 e. The fourth-order valence-electron chi connectivity index (χ4n) is 1.95. The van der Waals surface area contributed by atoms with Crippen LogP contribution in [0.4, 0.5) is 5.69 Å². The van der Waals surface area contributed by atoms with Gasteiger partial charge in [0.1, 0.15) is 5.54 Å². The van der Waals surface area contributed by atoms with Gasteiger partial charge in [-0.25, -0.2) is 0 Å². The van der Waals surface area contributed by atoms with Crippen LogP contribution >= 0.6 is 0 Å². The third kappa shape index (κ3) is 1.47. The fourth-order valence-corrected chi connectivity index (χ4v) is 1.95. The van der Waals surface area contributed by atoms with Gasteiger partial charge < -0.3 is 5.21 Å². The van der Waals surface area contributed by atoms with Gasteiger partial charge in [-0.2, -0.15) is 5.73 Å². The Hall–Kier alpha value is -1.75. The van der Waals surface area contributed by atoms with Crippen LogP contribution < -0.4 is 5.73 Å². The number of benzene rings is 1. The molecule has 3 radical (unpaired) electrons. The van der Waals surface area contributed by atoms with Crippen molar-refractivity contribution >= 4 is 11.5 Å². The van der Waals surface area contributed by atoms with Crippen LogP contribution in [0.5, 0.6) is 0 Å². The van der Waals surface area contributed by atoms with Gasteiger partial charge in [0.2, 0.25) is 0 Å². The van der Waals surface area contributed by atoms with Crippen LogP contribution in [0.25, 0.3) is 0 Å². The Morgan fingerprint density at radius 3 is 2.06 bits per heavy atom. The van der Waals surface area contributed by atoms with Crippen molar-refractivity contribution in [2.45, 2.75) is 38.8 Å². The zero-order valence-electron chi connectivity index (χ0n) is 11.0. The normalized spacial score (nSPS) is 21.5. The number of amidine groups is 1. The zero-order chi connectivity index (χ0) is 13.7. The van der Waals surface area contributed by atoms with Gasteiger partial charge in [0, 0.05) is 5.21 Å². The van der Waals surface area contributed by atoms with Crippen molar-refractivity contribution in [2.24, 2.45) is 0 Å². The Morgan fingerprint density at radius 1 is 1.17 bits per heavy atom. The summed E-state index contributed by atoms with van der Waals surface area (Å²) in [6.45, 7) is 6.99. The molecule has 1 aromatic carbocycles. The van der Waals surface area contributed by atoms with E-state index in [-0.39, 0.29) is 11.5 Å². The second kappa shape index (κ2) is 3.62. The highest BCUT2D eigenvalue weighted by molar-refractivity contribution is 5.96. The van der Waals surface area contributed by atoms with E-state index in [1.54, 1.807) is 39.8 Å². The lowest BCUT2D eigenvalue weighted by Crippen LogP contribution is -2.53. The van der Waals surface area contributed by atoms with Gasteiger partial charge in [-0.15, -0.1) is 0 Å². The van der Waals surface area contributed by atoms with Gasteiger partial charge in [0.15, 0.2) is 5.54 Å². The molecule has 1 aliphatic rings. The molecule has 0 aromatic heterocycles. The van der Waals surface area contributed by atoms with Crippen LogP contribution in [0.1, 0.15) is 33.3 Å². The Labute approximate surface area is 107 Å². The molecule has 0 bridgehead atoms. The molecule has 1 aromatic rings. The molecule has 0 unspecified atom stereocenters. The summed E-state index contributed by atoms with van der Waals surface area (Å²) in [6, 6.07) is 6.06. The topological polar surface area (TPSA) is 71.5 Å². The molecule has 0 amide bonds. The summed E-state index contributed by atoms with van der Waals surface area (Å²) in [7, 11) is 0. The maximum Gasteiger partial charge on any atom is 0.316 e. The predicted octanol–water partition coefficient (Wildman–Crippen LogP) is 1.86. The Bertz CT molecular complexity index is 503. The van der Waals surface area contributed by atoms with E-state index in [0.29, 0.717) is 5.56 Å². The summed E-state index contributed by atoms with van der Waals surface area (Å²) in [6.07, 6.45) is 0. The molecule has 18 heavy (non-hydrogen) atoms. The maximum absolute atomic E-state index is 12.3. The van der Waals surface area contributed by atoms with E-state index in [4.69, 9.17) is 0 Å². The molecule has 2 rings (SSSR count). The molecule has 0 aliphatic carbocycles. The molecule has 5 nitrogen and oxygen atoms in total. The van der Waals surface area contributed by atoms with Crippen LogP contribution in [0.2, 0.25) is 0 Å². The first-order valence-corrected chi connectivity index (χ1v) is 5.80. The first kappa shape index (κ1) is 12.7. The first-order chi connectivity index (χ1) is 8.19. The third-order valence-electron chi connectivity index (χ3n) is 4.02. The highest BCUT2D eigenvalue weighted by Gasteiger charge is 2.59. The Morgan fingerprint density at radius 2 is 1.67 bits per heavy atom. The fraction of sp³-hybridized carbons (Fsp3) is 0.462. The van der Waals surface area contributed by atoms with Crippen LogP contribution in [0, 0.1) is 5.21 Å². The molecule has 0 spiro atoms. The second-order valence-electron chi connectivity index (χ2n) is 5.58. The highest BCUT2D eigenvalue weighted by atomic mass is 16.5. The Balaban J connectivity index is 2.57. The van der Waals surface area contributed by atoms with Gasteiger partial charge in [0.05, 0.1) is 11.3 Å². The molecule has 0 saturated carbocycles. The van der Waals surface area contributed by atoms with E-state index in [9.17, 15) is 16.1 Å². The summed E-state index contributed by atoms with van der Waals surface area (Å²) < 4.78 is 0.756. The van der Waals surface area contributed by atoms with Crippen LogP contribution in [-0.2, 0) is 5.21 Å². The summed E-state index contributed by atoms with van der Waals surface area (Å²) in [4.78, 5) is 0. The minimum atomic E-state index is -0.817. The number of hydroxylamine groups is 3. The number of nitrogens with zero attached hydrogens (tertiary/aromatic N) is 3. The van der Waals surface area contributed by atoms with Gasteiger partial charge >= 0.3 is 5.84 Å². The molecule has 0 saturated heterocycles. The third-order valence-corrected chi connectivity index (χ3v) is 4.02. The molecule has 0 N–H and O–H groups in total. The van der Waals surface area contributed by atoms with Gasteiger partial charge in [-0.05, 0) is 52.0 Å². The first-order valence-electron chi connectivity index (χ1n) is 5.80. The van der Waals surface area contributed by atoms with Crippen molar-refractivity contribution in [1.82, 2.24) is 10.8 Å². The van der Waals surface area contributed by atoms with Crippen molar-refractivity contribution in [2.75, 3.05) is 0 Å². The average molecular weight is 246 g/mol. The summed E-state index contributed by atoms with van der Waals surface area (Å²) in [5.74, 6) is 0.0880. The smallest absolute Gasteiger partial charge is 0.316 e.